The van der Waals surface area contributed by atoms with Crippen molar-refractivity contribution in [3.8, 4) is 0 Å². The van der Waals surface area contributed by atoms with Crippen LogP contribution in [0, 0.1) is 17.8 Å². The van der Waals surface area contributed by atoms with E-state index in [0.717, 1.165) is 0 Å². The standard InChI is InChI=1S/3C10H14N4O3/c3*1-4(15)7(16)5-2-6-8(12-3-5)13-10(11)14-9(6)17/h3*4-5,15H,2-3H2,1H3,(H4,11,12,13,14,17)/t4-,5+;4-,5-;/m00./s1. The molecule has 0 radical (unpaired) electrons. The second kappa shape index (κ2) is 15.9. The van der Waals surface area contributed by atoms with E-state index < -0.39 is 36.1 Å². The van der Waals surface area contributed by atoms with Gasteiger partial charge >= 0.3 is 0 Å². The number of aliphatic hydroxyl groups is 3. The highest BCUT2D eigenvalue weighted by molar-refractivity contribution is 5.87. The van der Waals surface area contributed by atoms with Crippen LogP contribution in [0.15, 0.2) is 14.4 Å². The van der Waals surface area contributed by atoms with Crippen molar-refractivity contribution in [3.63, 3.8) is 0 Å². The van der Waals surface area contributed by atoms with Gasteiger partial charge in [-0.2, -0.15) is 15.0 Å². The largest absolute Gasteiger partial charge is 0.386 e. The molecule has 0 aromatic carbocycles. The van der Waals surface area contributed by atoms with Gasteiger partial charge in [0.25, 0.3) is 16.7 Å². The van der Waals surface area contributed by atoms with E-state index in [-0.39, 0.29) is 71.1 Å². The number of ketones is 3. The Labute approximate surface area is 288 Å². The van der Waals surface area contributed by atoms with Crippen molar-refractivity contribution in [1.82, 2.24) is 29.9 Å². The van der Waals surface area contributed by atoms with E-state index in [9.17, 15) is 44.1 Å². The van der Waals surface area contributed by atoms with Gasteiger partial charge in [-0.05, 0) is 40.0 Å². The molecule has 3 aliphatic heterocycles. The summed E-state index contributed by atoms with van der Waals surface area (Å²) in [5.41, 5.74) is 16.4. The number of H-pyrrole nitrogens is 3. The van der Waals surface area contributed by atoms with E-state index >= 15 is 0 Å². The first kappa shape index (κ1) is 38.1. The van der Waals surface area contributed by atoms with Gasteiger partial charge in [0.1, 0.15) is 35.8 Å². The summed E-state index contributed by atoms with van der Waals surface area (Å²) in [6.07, 6.45) is -2.25. The number of hydrogen-bond acceptors (Lipinski definition) is 18. The van der Waals surface area contributed by atoms with Crippen LogP contribution in [0.4, 0.5) is 35.3 Å². The molecule has 0 aliphatic carbocycles. The molecule has 21 heteroatoms. The smallest absolute Gasteiger partial charge is 0.257 e. The fourth-order valence-corrected chi connectivity index (χ4v) is 5.79. The van der Waals surface area contributed by atoms with Crippen LogP contribution in [-0.4, -0.2) is 101 Å². The number of aromatic nitrogens is 6. The van der Waals surface area contributed by atoms with E-state index in [1.54, 1.807) is 0 Å². The van der Waals surface area contributed by atoms with E-state index in [4.69, 9.17) is 17.2 Å². The summed E-state index contributed by atoms with van der Waals surface area (Å²) in [5, 5.41) is 36.4. The fraction of sp³-hybridized carbons (Fsp3) is 0.500. The highest BCUT2D eigenvalue weighted by Gasteiger charge is 2.31. The number of nitrogens with two attached hydrogens (primary N) is 3. The maximum atomic E-state index is 11.6. The Bertz CT molecular complexity index is 1750. The van der Waals surface area contributed by atoms with Crippen LogP contribution < -0.4 is 49.8 Å². The van der Waals surface area contributed by atoms with Gasteiger partial charge in [-0.3, -0.25) is 43.7 Å². The van der Waals surface area contributed by atoms with Crippen LogP contribution in [0.2, 0.25) is 0 Å². The quantitative estimate of drug-likeness (QED) is 0.119. The lowest BCUT2D eigenvalue weighted by Crippen LogP contribution is -2.38. The summed E-state index contributed by atoms with van der Waals surface area (Å²) < 4.78 is 0. The Balaban J connectivity index is 0.000000172. The first-order valence-corrected chi connectivity index (χ1v) is 16.0. The maximum absolute atomic E-state index is 11.6. The molecule has 3 aromatic rings. The molecule has 6 rings (SSSR count). The molecule has 15 N–H and O–H groups in total. The molecule has 0 saturated heterocycles. The van der Waals surface area contributed by atoms with Crippen molar-refractivity contribution in [2.45, 2.75) is 58.3 Å². The number of aromatic amines is 3. The van der Waals surface area contributed by atoms with Gasteiger partial charge in [0.15, 0.2) is 17.3 Å². The number of hydrogen-bond donors (Lipinski definition) is 12. The first-order chi connectivity index (χ1) is 24.0. The molecule has 276 valence electrons. The number of anilines is 6. The topological polar surface area (TPSA) is 363 Å². The third-order valence-electron chi connectivity index (χ3n) is 8.44. The minimum atomic E-state index is -1.02. The Morgan fingerprint density at radius 3 is 1.00 bits per heavy atom. The molecule has 0 spiro atoms. The molecule has 0 bridgehead atoms. The third-order valence-corrected chi connectivity index (χ3v) is 8.44. The SMILES string of the molecule is CC(O)C(=O)C1CNc2nc(N)[nH]c(=O)c2C1.C[C@H](O)C(=O)[C@@H]1CNc2nc(N)[nH]c(=O)c2C1.C[C@H](O)C(=O)[C@H]1CNc2nc(N)[nH]c(=O)c2C1. The van der Waals surface area contributed by atoms with Crippen LogP contribution in [-0.2, 0) is 33.6 Å². The van der Waals surface area contributed by atoms with E-state index in [1.165, 1.54) is 20.8 Å². The summed E-state index contributed by atoms with van der Waals surface area (Å²) in [6.45, 7) is 5.32. The molecule has 0 amide bonds. The second-order valence-electron chi connectivity index (χ2n) is 12.4. The molecular weight excluding hydrogens is 672 g/mol. The average Bonchev–Trinajstić information content (AvgIpc) is 3.07. The molecule has 21 nitrogen and oxygen atoms in total. The normalized spacial score (nSPS) is 20.2. The lowest BCUT2D eigenvalue weighted by molar-refractivity contribution is -0.130. The van der Waals surface area contributed by atoms with Crippen LogP contribution in [0.3, 0.4) is 0 Å². The summed E-state index contributed by atoms with van der Waals surface area (Å²) >= 11 is 0. The minimum Gasteiger partial charge on any atom is -0.386 e. The zero-order valence-electron chi connectivity index (χ0n) is 28.1. The maximum Gasteiger partial charge on any atom is 0.257 e. The molecule has 3 aromatic heterocycles. The molecule has 6 atom stereocenters. The Kier molecular flexibility index (Phi) is 11.9. The van der Waals surface area contributed by atoms with Gasteiger partial charge in [-0.15, -0.1) is 0 Å². The van der Waals surface area contributed by atoms with Crippen molar-refractivity contribution in [1.29, 1.82) is 0 Å². The highest BCUT2D eigenvalue weighted by atomic mass is 16.3. The molecule has 51 heavy (non-hydrogen) atoms. The van der Waals surface area contributed by atoms with Crippen LogP contribution in [0.25, 0.3) is 0 Å². The summed E-state index contributed by atoms with van der Waals surface area (Å²) in [7, 11) is 0. The number of Topliss-reactive ketones (excluding diaryl/α,β-unsaturated/α-hetero) is 3. The molecule has 3 aliphatic rings. The number of nitrogen functional groups attached to an aromatic ring is 3. The summed E-state index contributed by atoms with van der Waals surface area (Å²) in [6, 6.07) is 0. The van der Waals surface area contributed by atoms with Crippen molar-refractivity contribution in [3.05, 3.63) is 47.8 Å². The Morgan fingerprint density at radius 1 is 0.549 bits per heavy atom. The number of fused-ring (bicyclic) bond motifs is 3. The van der Waals surface area contributed by atoms with Crippen molar-refractivity contribution < 1.29 is 29.7 Å². The molecule has 0 saturated carbocycles. The molecule has 0 fully saturated rings. The van der Waals surface area contributed by atoms with Gasteiger partial charge in [0.2, 0.25) is 17.8 Å². The molecule has 6 heterocycles. The number of nitrogens with zero attached hydrogens (tertiary/aromatic N) is 3. The van der Waals surface area contributed by atoms with Gasteiger partial charge in [0, 0.05) is 37.4 Å². The molecular formula is C30H42N12O9. The predicted molar refractivity (Wildman–Crippen MR) is 185 cm³/mol. The first-order valence-electron chi connectivity index (χ1n) is 16.0. The van der Waals surface area contributed by atoms with Crippen LogP contribution in [0.5, 0.6) is 0 Å². The zero-order chi connectivity index (χ0) is 37.7. The minimum absolute atomic E-state index is 0.0431. The monoisotopic (exact) mass is 714 g/mol. The van der Waals surface area contributed by atoms with E-state index in [2.05, 4.69) is 45.9 Å². The molecule has 2 unspecified atom stereocenters. The number of carbonyl (C=O) groups is 3. The number of rotatable bonds is 6. The van der Waals surface area contributed by atoms with Gasteiger partial charge < -0.3 is 48.5 Å². The van der Waals surface area contributed by atoms with Gasteiger partial charge in [-0.25, -0.2) is 0 Å². The zero-order valence-corrected chi connectivity index (χ0v) is 28.1. The summed E-state index contributed by atoms with van der Waals surface area (Å²) in [4.78, 5) is 88.8. The second-order valence-corrected chi connectivity index (χ2v) is 12.4. The Morgan fingerprint density at radius 2 is 0.784 bits per heavy atom. The third kappa shape index (κ3) is 9.12. The van der Waals surface area contributed by atoms with Crippen molar-refractivity contribution in [2.24, 2.45) is 17.8 Å². The van der Waals surface area contributed by atoms with Crippen molar-refractivity contribution >= 4 is 52.6 Å². The number of carbonyl (C=O) groups excluding carboxylic acids is 3. The van der Waals surface area contributed by atoms with E-state index in [0.29, 0.717) is 53.8 Å². The van der Waals surface area contributed by atoms with Crippen LogP contribution >= 0.6 is 0 Å². The highest BCUT2D eigenvalue weighted by Crippen LogP contribution is 2.23. The Hall–Kier alpha value is -5.67. The number of nitrogens with one attached hydrogen (secondary N) is 6. The number of aliphatic hydroxyl groups excluding tert-OH is 3. The summed E-state index contributed by atoms with van der Waals surface area (Å²) in [5.74, 6) is -0.678. The van der Waals surface area contributed by atoms with Crippen LogP contribution in [0.1, 0.15) is 37.5 Å². The fourth-order valence-electron chi connectivity index (χ4n) is 5.79. The van der Waals surface area contributed by atoms with Gasteiger partial charge in [-0.1, -0.05) is 0 Å². The predicted octanol–water partition coefficient (Wildman–Crippen LogP) is -3.34. The van der Waals surface area contributed by atoms with Gasteiger partial charge in [0.05, 0.1) is 16.7 Å². The lowest BCUT2D eigenvalue weighted by Gasteiger charge is -2.24. The lowest BCUT2D eigenvalue weighted by atomic mass is 9.91. The van der Waals surface area contributed by atoms with Crippen molar-refractivity contribution in [2.75, 3.05) is 52.8 Å². The van der Waals surface area contributed by atoms with E-state index in [1.807, 2.05) is 0 Å². The average molecular weight is 715 g/mol.